The number of ether oxygens (including phenoxy) is 1. The van der Waals surface area contributed by atoms with Gasteiger partial charge in [-0.15, -0.1) is 0 Å². The summed E-state index contributed by atoms with van der Waals surface area (Å²) in [6.07, 6.45) is 0.102. The predicted molar refractivity (Wildman–Crippen MR) is 66.2 cm³/mol. The highest BCUT2D eigenvalue weighted by molar-refractivity contribution is 6.30. The van der Waals surface area contributed by atoms with Gasteiger partial charge in [0.2, 0.25) is 5.91 Å². The zero-order valence-corrected chi connectivity index (χ0v) is 10.6. The van der Waals surface area contributed by atoms with Crippen molar-refractivity contribution in [1.82, 2.24) is 5.32 Å². The van der Waals surface area contributed by atoms with Crippen molar-refractivity contribution in [3.8, 4) is 0 Å². The number of benzene rings is 1. The van der Waals surface area contributed by atoms with Crippen LogP contribution in [-0.2, 0) is 20.7 Å². The second kappa shape index (κ2) is 6.98. The quantitative estimate of drug-likeness (QED) is 0.766. The monoisotopic (exact) mass is 271 g/mol. The number of carbonyl (C=O) groups excluding carboxylic acids is 2. The zero-order valence-electron chi connectivity index (χ0n) is 9.85. The number of nitrogens with one attached hydrogen (secondary N) is 1. The number of amides is 1. The average Bonchev–Trinajstić information content (AvgIpc) is 2.37. The van der Waals surface area contributed by atoms with E-state index < -0.39 is 18.6 Å². The van der Waals surface area contributed by atoms with Gasteiger partial charge in [0.05, 0.1) is 20.1 Å². The summed E-state index contributed by atoms with van der Waals surface area (Å²) >= 11 is 5.72. The summed E-state index contributed by atoms with van der Waals surface area (Å²) in [5.41, 5.74) is 0.762. The molecule has 1 aromatic rings. The number of aliphatic hydroxyl groups is 1. The lowest BCUT2D eigenvalue weighted by molar-refractivity contribution is -0.146. The normalized spacial score (nSPS) is 11.7. The van der Waals surface area contributed by atoms with Crippen molar-refractivity contribution in [2.75, 3.05) is 13.7 Å². The summed E-state index contributed by atoms with van der Waals surface area (Å²) in [6, 6.07) is 5.75. The van der Waals surface area contributed by atoms with E-state index in [1.165, 1.54) is 7.11 Å². The molecule has 0 unspecified atom stereocenters. The largest absolute Gasteiger partial charge is 0.467 e. The minimum absolute atomic E-state index is 0.102. The molecular formula is C12H14ClNO4. The third kappa shape index (κ3) is 4.35. The van der Waals surface area contributed by atoms with Crippen molar-refractivity contribution in [2.24, 2.45) is 0 Å². The van der Waals surface area contributed by atoms with Gasteiger partial charge in [0.25, 0.3) is 0 Å². The Hall–Kier alpha value is -1.59. The van der Waals surface area contributed by atoms with E-state index in [4.69, 9.17) is 16.7 Å². The molecule has 6 heteroatoms. The standard InChI is InChI=1S/C12H14ClNO4/c1-18-12(17)10(7-15)14-11(16)6-8-2-4-9(13)5-3-8/h2-5,10,15H,6-7H2,1H3,(H,14,16)/t10-/m0/s1. The minimum atomic E-state index is -1.03. The molecule has 0 heterocycles. The van der Waals surface area contributed by atoms with Crippen molar-refractivity contribution >= 4 is 23.5 Å². The van der Waals surface area contributed by atoms with Crippen molar-refractivity contribution in [2.45, 2.75) is 12.5 Å². The van der Waals surface area contributed by atoms with Crippen molar-refractivity contribution in [3.63, 3.8) is 0 Å². The third-order valence-corrected chi connectivity index (χ3v) is 2.53. The van der Waals surface area contributed by atoms with E-state index in [1.54, 1.807) is 24.3 Å². The summed E-state index contributed by atoms with van der Waals surface area (Å²) in [7, 11) is 1.19. The molecule has 0 saturated carbocycles. The molecule has 98 valence electrons. The average molecular weight is 272 g/mol. The highest BCUT2D eigenvalue weighted by Gasteiger charge is 2.20. The summed E-state index contributed by atoms with van der Waals surface area (Å²) in [6.45, 7) is -0.501. The Kier molecular flexibility index (Phi) is 5.61. The van der Waals surface area contributed by atoms with Gasteiger partial charge in [0.15, 0.2) is 6.04 Å². The number of hydrogen-bond acceptors (Lipinski definition) is 4. The number of halogens is 1. The van der Waals surface area contributed by atoms with Crippen LogP contribution in [0.25, 0.3) is 0 Å². The molecule has 1 amide bonds. The fraction of sp³-hybridized carbons (Fsp3) is 0.333. The lowest BCUT2D eigenvalue weighted by Crippen LogP contribution is -2.44. The van der Waals surface area contributed by atoms with Gasteiger partial charge in [-0.2, -0.15) is 0 Å². The predicted octanol–water partition coefficient (Wildman–Crippen LogP) is 0.533. The van der Waals surface area contributed by atoms with Crippen molar-refractivity contribution in [1.29, 1.82) is 0 Å². The minimum Gasteiger partial charge on any atom is -0.467 e. The van der Waals surface area contributed by atoms with E-state index in [-0.39, 0.29) is 12.3 Å². The lowest BCUT2D eigenvalue weighted by Gasteiger charge is -2.13. The van der Waals surface area contributed by atoms with Gasteiger partial charge < -0.3 is 15.2 Å². The van der Waals surface area contributed by atoms with Crippen LogP contribution in [0, 0.1) is 0 Å². The number of aliphatic hydroxyl groups excluding tert-OH is 1. The summed E-state index contributed by atoms with van der Waals surface area (Å²) in [4.78, 5) is 22.8. The Morgan fingerprint density at radius 2 is 2.00 bits per heavy atom. The summed E-state index contributed by atoms with van der Waals surface area (Å²) < 4.78 is 4.44. The maximum absolute atomic E-state index is 11.6. The van der Waals surface area contributed by atoms with Crippen LogP contribution in [0.3, 0.4) is 0 Å². The molecule has 0 fully saturated rings. The van der Waals surface area contributed by atoms with Crippen LogP contribution in [0.5, 0.6) is 0 Å². The molecule has 18 heavy (non-hydrogen) atoms. The second-order valence-corrected chi connectivity index (χ2v) is 4.07. The van der Waals surface area contributed by atoms with Gasteiger partial charge in [0, 0.05) is 5.02 Å². The molecular weight excluding hydrogens is 258 g/mol. The molecule has 1 aromatic carbocycles. The van der Waals surface area contributed by atoms with Crippen LogP contribution in [0.4, 0.5) is 0 Å². The highest BCUT2D eigenvalue weighted by atomic mass is 35.5. The van der Waals surface area contributed by atoms with Crippen LogP contribution in [0.15, 0.2) is 24.3 Å². The molecule has 0 aliphatic rings. The molecule has 1 atom stereocenters. The molecule has 0 bridgehead atoms. The lowest BCUT2D eigenvalue weighted by atomic mass is 10.1. The topological polar surface area (TPSA) is 75.6 Å². The van der Waals surface area contributed by atoms with Crippen LogP contribution in [0.2, 0.25) is 5.02 Å². The Bertz CT molecular complexity index is 419. The Balaban J connectivity index is 2.55. The number of hydrogen-bond donors (Lipinski definition) is 2. The first-order chi connectivity index (χ1) is 8.56. The Labute approximate surface area is 110 Å². The van der Waals surface area contributed by atoms with E-state index >= 15 is 0 Å². The number of methoxy groups -OCH3 is 1. The van der Waals surface area contributed by atoms with Gasteiger partial charge in [-0.05, 0) is 17.7 Å². The fourth-order valence-electron chi connectivity index (χ4n) is 1.35. The van der Waals surface area contributed by atoms with Crippen molar-refractivity contribution < 1.29 is 19.4 Å². The number of rotatable bonds is 5. The SMILES string of the molecule is COC(=O)[C@H](CO)NC(=O)Cc1ccc(Cl)cc1. The fourth-order valence-corrected chi connectivity index (χ4v) is 1.48. The zero-order chi connectivity index (χ0) is 13.5. The Morgan fingerprint density at radius 1 is 1.39 bits per heavy atom. The maximum Gasteiger partial charge on any atom is 0.330 e. The molecule has 0 spiro atoms. The first-order valence-corrected chi connectivity index (χ1v) is 5.67. The Morgan fingerprint density at radius 3 is 2.50 bits per heavy atom. The van der Waals surface area contributed by atoms with Gasteiger partial charge in [-0.1, -0.05) is 23.7 Å². The van der Waals surface area contributed by atoms with Gasteiger partial charge >= 0.3 is 5.97 Å². The maximum atomic E-state index is 11.6. The van der Waals surface area contributed by atoms with E-state index in [9.17, 15) is 9.59 Å². The van der Waals surface area contributed by atoms with Gasteiger partial charge in [0.1, 0.15) is 0 Å². The molecule has 0 radical (unpaired) electrons. The van der Waals surface area contributed by atoms with Crippen LogP contribution in [-0.4, -0.2) is 36.7 Å². The van der Waals surface area contributed by atoms with E-state index in [0.717, 1.165) is 5.56 Å². The third-order valence-electron chi connectivity index (χ3n) is 2.28. The van der Waals surface area contributed by atoms with Gasteiger partial charge in [-0.25, -0.2) is 4.79 Å². The summed E-state index contributed by atoms with van der Waals surface area (Å²) in [5.74, 6) is -1.05. The van der Waals surface area contributed by atoms with E-state index in [1.807, 2.05) is 0 Å². The smallest absolute Gasteiger partial charge is 0.330 e. The molecule has 0 aliphatic carbocycles. The van der Waals surface area contributed by atoms with Gasteiger partial charge in [-0.3, -0.25) is 4.79 Å². The van der Waals surface area contributed by atoms with Crippen LogP contribution >= 0.6 is 11.6 Å². The molecule has 0 aromatic heterocycles. The summed E-state index contributed by atoms with van der Waals surface area (Å²) in [5, 5.41) is 11.9. The molecule has 0 aliphatic heterocycles. The number of esters is 1. The molecule has 1 rings (SSSR count). The second-order valence-electron chi connectivity index (χ2n) is 3.63. The van der Waals surface area contributed by atoms with E-state index in [0.29, 0.717) is 5.02 Å². The molecule has 0 saturated heterocycles. The molecule has 5 nitrogen and oxygen atoms in total. The number of carbonyl (C=O) groups is 2. The van der Waals surface area contributed by atoms with E-state index in [2.05, 4.69) is 10.1 Å². The first-order valence-electron chi connectivity index (χ1n) is 5.29. The van der Waals surface area contributed by atoms with Crippen LogP contribution < -0.4 is 5.32 Å². The molecule has 2 N–H and O–H groups in total. The first kappa shape index (κ1) is 14.5. The highest BCUT2D eigenvalue weighted by Crippen LogP contribution is 2.09. The van der Waals surface area contributed by atoms with Crippen LogP contribution in [0.1, 0.15) is 5.56 Å². The van der Waals surface area contributed by atoms with Crippen molar-refractivity contribution in [3.05, 3.63) is 34.9 Å².